The Balaban J connectivity index is 2.37. The molecule has 126 valence electrons. The third-order valence-electron chi connectivity index (χ3n) is 3.10. The largest absolute Gasteiger partial charge is 0.481 e. The van der Waals surface area contributed by atoms with Crippen molar-refractivity contribution >= 4 is 23.5 Å². The number of amides is 2. The summed E-state index contributed by atoms with van der Waals surface area (Å²) in [5.41, 5.74) is 1.51. The first kappa shape index (κ1) is 18.7. The van der Waals surface area contributed by atoms with Crippen molar-refractivity contribution in [2.45, 2.75) is 52.0 Å². The van der Waals surface area contributed by atoms with E-state index >= 15 is 0 Å². The highest BCUT2D eigenvalue weighted by atomic mass is 16.4. The van der Waals surface area contributed by atoms with Gasteiger partial charge in [-0.3, -0.25) is 14.4 Å². The topological polar surface area (TPSA) is 95.5 Å². The molecule has 0 atom stereocenters. The van der Waals surface area contributed by atoms with Gasteiger partial charge in [0.05, 0.1) is 0 Å². The normalized spacial score (nSPS) is 10.4. The molecule has 1 rings (SSSR count). The van der Waals surface area contributed by atoms with Crippen LogP contribution in [0.4, 0.5) is 5.69 Å². The monoisotopic (exact) mass is 320 g/mol. The van der Waals surface area contributed by atoms with Crippen molar-refractivity contribution in [1.29, 1.82) is 0 Å². The molecule has 0 heterocycles. The molecule has 6 heteroatoms. The second kappa shape index (κ2) is 9.61. The average molecular weight is 320 g/mol. The van der Waals surface area contributed by atoms with Gasteiger partial charge in [-0.25, -0.2) is 0 Å². The zero-order valence-corrected chi connectivity index (χ0v) is 13.6. The number of carboxylic acids is 1. The van der Waals surface area contributed by atoms with Crippen molar-refractivity contribution in [1.82, 2.24) is 5.32 Å². The maximum Gasteiger partial charge on any atom is 0.303 e. The second-order valence-corrected chi connectivity index (χ2v) is 5.72. The first-order valence-corrected chi connectivity index (χ1v) is 7.76. The Labute approximate surface area is 136 Å². The van der Waals surface area contributed by atoms with Crippen LogP contribution in [0.15, 0.2) is 24.3 Å². The zero-order valence-electron chi connectivity index (χ0n) is 13.6. The van der Waals surface area contributed by atoms with E-state index in [1.807, 2.05) is 19.9 Å². The maximum atomic E-state index is 11.9. The summed E-state index contributed by atoms with van der Waals surface area (Å²) in [7, 11) is 0. The van der Waals surface area contributed by atoms with E-state index in [2.05, 4.69) is 10.6 Å². The predicted octanol–water partition coefficient (Wildman–Crippen LogP) is 2.34. The fourth-order valence-electron chi connectivity index (χ4n) is 2.08. The number of aryl methyl sites for hydroxylation is 1. The molecule has 0 saturated heterocycles. The molecular formula is C17H24N2O4. The average Bonchev–Trinajstić information content (AvgIpc) is 2.44. The van der Waals surface area contributed by atoms with Crippen molar-refractivity contribution in [2.75, 3.05) is 5.32 Å². The maximum absolute atomic E-state index is 11.9. The lowest BCUT2D eigenvalue weighted by molar-refractivity contribution is -0.137. The third kappa shape index (κ3) is 8.60. The first-order valence-electron chi connectivity index (χ1n) is 7.76. The lowest BCUT2D eigenvalue weighted by Gasteiger charge is -2.09. The van der Waals surface area contributed by atoms with E-state index in [1.165, 1.54) is 0 Å². The highest BCUT2D eigenvalue weighted by Crippen LogP contribution is 2.13. The number of benzene rings is 1. The number of rotatable bonds is 9. The van der Waals surface area contributed by atoms with E-state index in [0.717, 1.165) is 5.56 Å². The number of anilines is 1. The summed E-state index contributed by atoms with van der Waals surface area (Å²) < 4.78 is 0. The summed E-state index contributed by atoms with van der Waals surface area (Å²) in [6.45, 7) is 3.78. The van der Waals surface area contributed by atoms with E-state index in [0.29, 0.717) is 24.9 Å². The molecule has 1 aromatic carbocycles. The molecule has 2 amide bonds. The Morgan fingerprint density at radius 1 is 1.09 bits per heavy atom. The summed E-state index contributed by atoms with van der Waals surface area (Å²) in [4.78, 5) is 33.9. The quantitative estimate of drug-likeness (QED) is 0.651. The van der Waals surface area contributed by atoms with Gasteiger partial charge in [0.25, 0.3) is 0 Å². The second-order valence-electron chi connectivity index (χ2n) is 5.72. The standard InChI is InChI=1S/C17H24N2O4/c1-12(2)18-15(20)7-4-8-16(21)19-14-6-3-5-13(11-14)9-10-17(22)23/h3,5-6,11-12H,4,7-10H2,1-2H3,(H,18,20)(H,19,21)(H,22,23). The van der Waals surface area contributed by atoms with Crippen LogP contribution in [-0.2, 0) is 20.8 Å². The lowest BCUT2D eigenvalue weighted by Crippen LogP contribution is -2.30. The van der Waals surface area contributed by atoms with Crippen LogP contribution < -0.4 is 10.6 Å². The van der Waals surface area contributed by atoms with E-state index in [9.17, 15) is 14.4 Å². The van der Waals surface area contributed by atoms with Crippen LogP contribution in [0.5, 0.6) is 0 Å². The van der Waals surface area contributed by atoms with Crippen molar-refractivity contribution in [3.05, 3.63) is 29.8 Å². The Bertz CT molecular complexity index is 555. The minimum Gasteiger partial charge on any atom is -0.481 e. The van der Waals surface area contributed by atoms with Crippen molar-refractivity contribution in [2.24, 2.45) is 0 Å². The molecule has 3 N–H and O–H groups in total. The van der Waals surface area contributed by atoms with Gasteiger partial charge < -0.3 is 15.7 Å². The molecule has 23 heavy (non-hydrogen) atoms. The minimum absolute atomic E-state index is 0.0523. The van der Waals surface area contributed by atoms with Crippen LogP contribution in [0.1, 0.15) is 45.1 Å². The van der Waals surface area contributed by atoms with E-state index in [4.69, 9.17) is 5.11 Å². The van der Waals surface area contributed by atoms with Gasteiger partial charge >= 0.3 is 5.97 Å². The van der Waals surface area contributed by atoms with Crippen molar-refractivity contribution in [3.8, 4) is 0 Å². The molecule has 6 nitrogen and oxygen atoms in total. The van der Waals surface area contributed by atoms with Gasteiger partial charge in [-0.1, -0.05) is 12.1 Å². The number of hydrogen-bond acceptors (Lipinski definition) is 3. The van der Waals surface area contributed by atoms with E-state index < -0.39 is 5.97 Å². The van der Waals surface area contributed by atoms with Gasteiger partial charge in [-0.05, 0) is 44.4 Å². The fourth-order valence-corrected chi connectivity index (χ4v) is 2.08. The van der Waals surface area contributed by atoms with Crippen LogP contribution in [0.25, 0.3) is 0 Å². The Hall–Kier alpha value is -2.37. The highest BCUT2D eigenvalue weighted by Gasteiger charge is 2.07. The highest BCUT2D eigenvalue weighted by molar-refractivity contribution is 5.91. The van der Waals surface area contributed by atoms with Gasteiger partial charge in [0.1, 0.15) is 0 Å². The van der Waals surface area contributed by atoms with Gasteiger partial charge in [-0.2, -0.15) is 0 Å². The predicted molar refractivity (Wildman–Crippen MR) is 88.2 cm³/mol. The van der Waals surface area contributed by atoms with Crippen molar-refractivity contribution < 1.29 is 19.5 Å². The molecule has 0 fully saturated rings. The first-order chi connectivity index (χ1) is 10.9. The zero-order chi connectivity index (χ0) is 17.2. The number of nitrogens with one attached hydrogen (secondary N) is 2. The third-order valence-corrected chi connectivity index (χ3v) is 3.10. The van der Waals surface area contributed by atoms with E-state index in [1.54, 1.807) is 18.2 Å². The van der Waals surface area contributed by atoms with Gasteiger partial charge in [0, 0.05) is 31.0 Å². The summed E-state index contributed by atoms with van der Waals surface area (Å²) in [5.74, 6) is -1.06. The number of aliphatic carboxylic acids is 1. The molecule has 0 radical (unpaired) electrons. The molecule has 0 aromatic heterocycles. The van der Waals surface area contributed by atoms with Gasteiger partial charge in [0.15, 0.2) is 0 Å². The molecule has 0 saturated carbocycles. The molecule has 0 aliphatic rings. The summed E-state index contributed by atoms with van der Waals surface area (Å²) in [6.07, 6.45) is 1.56. The smallest absolute Gasteiger partial charge is 0.303 e. The molecule has 0 aliphatic heterocycles. The molecule has 0 bridgehead atoms. The SMILES string of the molecule is CC(C)NC(=O)CCCC(=O)Nc1cccc(CCC(=O)O)c1. The molecule has 1 aromatic rings. The Morgan fingerprint density at radius 3 is 2.43 bits per heavy atom. The number of carbonyl (C=O) groups excluding carboxylic acids is 2. The molecule has 0 spiro atoms. The van der Waals surface area contributed by atoms with Crippen LogP contribution in [0.3, 0.4) is 0 Å². The number of carbonyl (C=O) groups is 3. The Kier molecular flexibility index (Phi) is 7.80. The Morgan fingerprint density at radius 2 is 1.78 bits per heavy atom. The molecule has 0 aliphatic carbocycles. The lowest BCUT2D eigenvalue weighted by atomic mass is 10.1. The molecule has 0 unspecified atom stereocenters. The summed E-state index contributed by atoms with van der Waals surface area (Å²) in [6, 6.07) is 7.24. The molecular weight excluding hydrogens is 296 g/mol. The van der Waals surface area contributed by atoms with E-state index in [-0.39, 0.29) is 30.7 Å². The van der Waals surface area contributed by atoms with Crippen LogP contribution >= 0.6 is 0 Å². The van der Waals surface area contributed by atoms with Gasteiger partial charge in [0.2, 0.25) is 11.8 Å². The summed E-state index contributed by atoms with van der Waals surface area (Å²) in [5, 5.41) is 14.2. The minimum atomic E-state index is -0.848. The fraction of sp³-hybridized carbons (Fsp3) is 0.471. The van der Waals surface area contributed by atoms with Gasteiger partial charge in [-0.15, -0.1) is 0 Å². The van der Waals surface area contributed by atoms with Crippen LogP contribution in [0.2, 0.25) is 0 Å². The number of hydrogen-bond donors (Lipinski definition) is 3. The summed E-state index contributed by atoms with van der Waals surface area (Å²) >= 11 is 0. The van der Waals surface area contributed by atoms with Crippen LogP contribution in [-0.4, -0.2) is 28.9 Å². The number of carboxylic acid groups (broad SMARTS) is 1. The van der Waals surface area contributed by atoms with Crippen LogP contribution in [0, 0.1) is 0 Å². The van der Waals surface area contributed by atoms with Crippen molar-refractivity contribution in [3.63, 3.8) is 0 Å².